The van der Waals surface area contributed by atoms with Crippen molar-refractivity contribution < 1.29 is 19.5 Å². The van der Waals surface area contributed by atoms with Gasteiger partial charge in [0.25, 0.3) is 0 Å². The predicted molar refractivity (Wildman–Crippen MR) is 153 cm³/mol. The van der Waals surface area contributed by atoms with Gasteiger partial charge in [0.15, 0.2) is 0 Å². The van der Waals surface area contributed by atoms with Crippen molar-refractivity contribution in [2.75, 3.05) is 24.6 Å². The van der Waals surface area contributed by atoms with E-state index in [9.17, 15) is 19.5 Å². The summed E-state index contributed by atoms with van der Waals surface area (Å²) in [6.45, 7) is 4.75. The average Bonchev–Trinajstić information content (AvgIpc) is 3.22. The largest absolute Gasteiger partial charge is 0.394 e. The first-order valence-electron chi connectivity index (χ1n) is 14.5. The van der Waals surface area contributed by atoms with Gasteiger partial charge in [-0.1, -0.05) is 68.7 Å². The van der Waals surface area contributed by atoms with Gasteiger partial charge in [-0.3, -0.25) is 14.4 Å². The number of benzene rings is 1. The highest BCUT2D eigenvalue weighted by molar-refractivity contribution is 8.02. The number of hydrogen-bond donors (Lipinski definition) is 1. The highest BCUT2D eigenvalue weighted by Gasteiger charge is 2.74. The van der Waals surface area contributed by atoms with Crippen LogP contribution < -0.4 is 4.90 Å². The van der Waals surface area contributed by atoms with Gasteiger partial charge >= 0.3 is 0 Å². The molecule has 3 fully saturated rings. The Labute approximate surface area is 235 Å². The average molecular weight is 550 g/mol. The molecule has 1 N–H and O–H groups in total. The lowest BCUT2D eigenvalue weighted by Gasteiger charge is -2.41. The monoisotopic (exact) mass is 549 g/mol. The molecule has 0 aromatic heterocycles. The molecule has 39 heavy (non-hydrogen) atoms. The molecule has 1 spiro atoms. The second kappa shape index (κ2) is 10.1. The number of nitrogens with zero attached hydrogens (tertiary/aromatic N) is 3. The van der Waals surface area contributed by atoms with E-state index in [0.29, 0.717) is 19.5 Å². The number of anilines is 1. The zero-order chi connectivity index (χ0) is 27.4. The smallest absolute Gasteiger partial charge is 0.247 e. The lowest BCUT2D eigenvalue weighted by atomic mass is 9.74. The fraction of sp³-hybridized carbons (Fsp3) is 0.581. The number of amides is 3. The van der Waals surface area contributed by atoms with Crippen LogP contribution in [0.4, 0.5) is 5.69 Å². The van der Waals surface area contributed by atoms with Crippen LogP contribution in [0.3, 0.4) is 0 Å². The molecule has 6 atom stereocenters. The van der Waals surface area contributed by atoms with Crippen molar-refractivity contribution in [2.45, 2.75) is 80.0 Å². The molecule has 1 saturated carbocycles. The minimum atomic E-state index is -0.876. The highest BCUT2D eigenvalue weighted by atomic mass is 32.2. The van der Waals surface area contributed by atoms with Gasteiger partial charge in [0, 0.05) is 29.6 Å². The van der Waals surface area contributed by atoms with Crippen molar-refractivity contribution in [3.05, 3.63) is 54.6 Å². The summed E-state index contributed by atoms with van der Waals surface area (Å²) in [6.07, 6.45) is 14.2. The van der Waals surface area contributed by atoms with Gasteiger partial charge in [-0.15, -0.1) is 11.8 Å². The molecule has 1 unspecified atom stereocenters. The van der Waals surface area contributed by atoms with Gasteiger partial charge in [-0.2, -0.15) is 0 Å². The number of likely N-dealkylation sites (tertiary alicyclic amines) is 1. The molecule has 3 amide bonds. The van der Waals surface area contributed by atoms with E-state index in [-0.39, 0.29) is 30.4 Å². The Balaban J connectivity index is 1.47. The quantitative estimate of drug-likeness (QED) is 0.566. The zero-order valence-corrected chi connectivity index (χ0v) is 23.7. The Bertz CT molecular complexity index is 1190. The first kappa shape index (κ1) is 26.6. The van der Waals surface area contributed by atoms with Crippen LogP contribution in [0.5, 0.6) is 0 Å². The number of thioether (sulfide) groups is 1. The SMILES string of the molecule is CC[C@@H](CO)N1C(=O)[C@@H]2[C@@H]3C(=O)N(c4ccccc4)CC=C[C@]3(C)S[C@@]23C=CCN(C2CCCCC2)C(=O)C13. The van der Waals surface area contributed by atoms with Crippen LogP contribution >= 0.6 is 11.8 Å². The third-order valence-corrected chi connectivity index (χ3v) is 11.5. The van der Waals surface area contributed by atoms with Crippen LogP contribution in [0.25, 0.3) is 0 Å². The summed E-state index contributed by atoms with van der Waals surface area (Å²) in [6, 6.07) is 8.56. The van der Waals surface area contributed by atoms with Crippen molar-refractivity contribution >= 4 is 35.2 Å². The van der Waals surface area contributed by atoms with Crippen molar-refractivity contribution in [3.63, 3.8) is 0 Å². The van der Waals surface area contributed by atoms with E-state index in [4.69, 9.17) is 0 Å². The molecule has 1 aliphatic carbocycles. The van der Waals surface area contributed by atoms with Gasteiger partial charge < -0.3 is 19.8 Å². The first-order valence-corrected chi connectivity index (χ1v) is 15.3. The van der Waals surface area contributed by atoms with Crippen LogP contribution in [-0.4, -0.2) is 79.9 Å². The summed E-state index contributed by atoms with van der Waals surface area (Å²) in [4.78, 5) is 49.0. The molecule has 2 saturated heterocycles. The van der Waals surface area contributed by atoms with Crippen LogP contribution in [-0.2, 0) is 14.4 Å². The van der Waals surface area contributed by atoms with Crippen molar-refractivity contribution in [1.82, 2.24) is 9.80 Å². The molecule has 5 aliphatic rings. The molecule has 1 aromatic rings. The minimum Gasteiger partial charge on any atom is -0.394 e. The zero-order valence-electron chi connectivity index (χ0n) is 22.9. The fourth-order valence-electron chi connectivity index (χ4n) is 7.85. The van der Waals surface area contributed by atoms with Gasteiger partial charge in [0.05, 0.1) is 29.2 Å². The molecule has 0 bridgehead atoms. The topological polar surface area (TPSA) is 81.2 Å². The van der Waals surface area contributed by atoms with E-state index in [1.807, 2.05) is 48.2 Å². The Morgan fingerprint density at radius 3 is 2.36 bits per heavy atom. The van der Waals surface area contributed by atoms with Crippen molar-refractivity contribution in [3.8, 4) is 0 Å². The molecule has 0 radical (unpaired) electrons. The fourth-order valence-corrected chi connectivity index (χ4v) is 9.99. The Kier molecular flexibility index (Phi) is 6.91. The molecule has 4 aliphatic heterocycles. The molecule has 7 nitrogen and oxygen atoms in total. The molecule has 6 rings (SSSR count). The van der Waals surface area contributed by atoms with Crippen molar-refractivity contribution in [2.24, 2.45) is 11.8 Å². The van der Waals surface area contributed by atoms with Gasteiger partial charge in [0.1, 0.15) is 6.04 Å². The van der Waals surface area contributed by atoms with Gasteiger partial charge in [-0.25, -0.2) is 0 Å². The summed E-state index contributed by atoms with van der Waals surface area (Å²) in [5, 5.41) is 10.4. The Morgan fingerprint density at radius 2 is 1.67 bits per heavy atom. The predicted octanol–water partition coefficient (Wildman–Crippen LogP) is 3.78. The van der Waals surface area contributed by atoms with Crippen LogP contribution in [0.1, 0.15) is 52.4 Å². The van der Waals surface area contributed by atoms with Gasteiger partial charge in [0.2, 0.25) is 17.7 Å². The number of carbonyl (C=O) groups excluding carboxylic acids is 3. The standard InChI is InChI=1S/C31H39N3O4S/c1-3-21(20-35)34-26-29(38)33(23-14-8-5-9-15-23)19-11-17-31(26)25(28(34)37)24-27(36)32(22-12-6-4-7-13-22)18-10-16-30(24,2)39-31/h4,6-7,10-13,16-17,21,23-26,35H,3,5,8-9,14-15,18-20H2,1-2H3/t21-,24+,25-,26?,30-,31-/m0/s1. The summed E-state index contributed by atoms with van der Waals surface area (Å²) in [5.41, 5.74) is 0.805. The van der Waals surface area contributed by atoms with E-state index in [1.165, 1.54) is 6.42 Å². The molecule has 1 aromatic carbocycles. The number of aliphatic hydroxyl groups excluding tert-OH is 1. The third kappa shape index (κ3) is 4.00. The Hall–Kier alpha value is -2.58. The van der Waals surface area contributed by atoms with Crippen LogP contribution in [0.2, 0.25) is 0 Å². The summed E-state index contributed by atoms with van der Waals surface area (Å²) < 4.78 is -1.52. The van der Waals surface area contributed by atoms with Crippen LogP contribution in [0, 0.1) is 11.8 Å². The molecule has 8 heteroatoms. The molecular weight excluding hydrogens is 510 g/mol. The number of fused-ring (bicyclic) bond motifs is 2. The number of hydrogen-bond acceptors (Lipinski definition) is 5. The number of para-hydroxylation sites is 1. The Morgan fingerprint density at radius 1 is 0.949 bits per heavy atom. The number of aliphatic hydroxyl groups is 1. The lowest BCUT2D eigenvalue weighted by molar-refractivity contribution is -0.147. The first-order chi connectivity index (χ1) is 18.9. The minimum absolute atomic E-state index is 0.0291. The van der Waals surface area contributed by atoms with E-state index in [1.54, 1.807) is 21.6 Å². The van der Waals surface area contributed by atoms with E-state index in [0.717, 1.165) is 31.4 Å². The lowest BCUT2D eigenvalue weighted by Crippen LogP contribution is -2.58. The maximum atomic E-state index is 14.6. The maximum Gasteiger partial charge on any atom is 0.247 e. The summed E-state index contributed by atoms with van der Waals surface area (Å²) in [7, 11) is 0. The van der Waals surface area contributed by atoms with E-state index >= 15 is 0 Å². The second-order valence-electron chi connectivity index (χ2n) is 11.9. The summed E-state index contributed by atoms with van der Waals surface area (Å²) >= 11 is 1.61. The third-order valence-electron chi connectivity index (χ3n) is 9.68. The molecular formula is C31H39N3O4S. The van der Waals surface area contributed by atoms with E-state index < -0.39 is 33.4 Å². The second-order valence-corrected chi connectivity index (χ2v) is 13.6. The number of carbonyl (C=O) groups is 3. The molecule has 4 heterocycles. The van der Waals surface area contributed by atoms with E-state index in [2.05, 4.69) is 25.2 Å². The van der Waals surface area contributed by atoms with Crippen LogP contribution in [0.15, 0.2) is 54.6 Å². The highest BCUT2D eigenvalue weighted by Crippen LogP contribution is 2.66. The van der Waals surface area contributed by atoms with Gasteiger partial charge in [-0.05, 0) is 38.3 Å². The molecule has 208 valence electrons. The van der Waals surface area contributed by atoms with Crippen molar-refractivity contribution in [1.29, 1.82) is 0 Å². The normalized spacial score (nSPS) is 35.5. The maximum absolute atomic E-state index is 14.6. The summed E-state index contributed by atoms with van der Waals surface area (Å²) in [5.74, 6) is -1.61. The number of rotatable bonds is 5.